The van der Waals surface area contributed by atoms with Crippen LogP contribution in [0.25, 0.3) is 0 Å². The van der Waals surface area contributed by atoms with Crippen molar-refractivity contribution in [3.63, 3.8) is 0 Å². The van der Waals surface area contributed by atoms with Crippen LogP contribution < -0.4 is 10.5 Å². The molecule has 0 spiro atoms. The first kappa shape index (κ1) is 18.9. The van der Waals surface area contributed by atoms with Crippen molar-refractivity contribution in [2.75, 3.05) is 13.1 Å². The van der Waals surface area contributed by atoms with E-state index >= 15 is 0 Å². The molecule has 0 saturated carbocycles. The van der Waals surface area contributed by atoms with Crippen LogP contribution in [0.2, 0.25) is 0 Å². The lowest BCUT2D eigenvalue weighted by atomic mass is 9.97. The third-order valence-corrected chi connectivity index (χ3v) is 5.02. The van der Waals surface area contributed by atoms with Crippen LogP contribution in [0, 0.1) is 19.8 Å². The summed E-state index contributed by atoms with van der Waals surface area (Å²) in [5.74, 6) is 0.934. The van der Waals surface area contributed by atoms with Crippen LogP contribution in [0.5, 0.6) is 5.75 Å². The summed E-state index contributed by atoms with van der Waals surface area (Å²) in [6.07, 6.45) is 1.87. The van der Waals surface area contributed by atoms with Crippen LogP contribution in [0.4, 0.5) is 0 Å². The number of rotatable bonds is 6. The van der Waals surface area contributed by atoms with Crippen LogP contribution in [0.3, 0.4) is 0 Å². The predicted molar refractivity (Wildman–Crippen MR) is 99.0 cm³/mol. The molecule has 7 nitrogen and oxygen atoms in total. The van der Waals surface area contributed by atoms with E-state index in [1.165, 1.54) is 0 Å². The molecule has 1 aromatic heterocycles. The van der Waals surface area contributed by atoms with Gasteiger partial charge in [-0.3, -0.25) is 9.59 Å². The number of primary amides is 1. The molecular weight excluding hydrogens is 346 g/mol. The Labute approximate surface area is 158 Å². The van der Waals surface area contributed by atoms with Gasteiger partial charge >= 0.3 is 0 Å². The molecule has 1 fully saturated rings. The fraction of sp³-hybridized carbons (Fsp3) is 0.450. The average Bonchev–Trinajstić information content (AvgIpc) is 2.99. The highest BCUT2D eigenvalue weighted by Crippen LogP contribution is 2.20. The van der Waals surface area contributed by atoms with Crippen molar-refractivity contribution in [2.45, 2.75) is 39.7 Å². The molecule has 0 bridgehead atoms. The average molecular weight is 371 g/mol. The fourth-order valence-electron chi connectivity index (χ4n) is 3.29. The van der Waals surface area contributed by atoms with Crippen LogP contribution in [0.1, 0.15) is 35.4 Å². The van der Waals surface area contributed by atoms with Gasteiger partial charge < -0.3 is 19.9 Å². The summed E-state index contributed by atoms with van der Waals surface area (Å²) in [6, 6.07) is 7.47. The smallest absolute Gasteiger partial charge is 0.227 e. The van der Waals surface area contributed by atoms with Gasteiger partial charge in [-0.2, -0.15) is 0 Å². The minimum Gasteiger partial charge on any atom is -0.489 e. The van der Waals surface area contributed by atoms with E-state index in [4.69, 9.17) is 15.0 Å². The number of aromatic nitrogens is 1. The van der Waals surface area contributed by atoms with Gasteiger partial charge in [0.15, 0.2) is 0 Å². The Kier molecular flexibility index (Phi) is 5.78. The molecule has 1 aromatic carbocycles. The van der Waals surface area contributed by atoms with E-state index < -0.39 is 0 Å². The molecule has 27 heavy (non-hydrogen) atoms. The monoisotopic (exact) mass is 371 g/mol. The maximum Gasteiger partial charge on any atom is 0.227 e. The molecule has 2 N–H and O–H groups in total. The van der Waals surface area contributed by atoms with E-state index in [9.17, 15) is 9.59 Å². The number of aryl methyl sites for hydroxylation is 2. The zero-order valence-electron chi connectivity index (χ0n) is 15.7. The van der Waals surface area contributed by atoms with Crippen LogP contribution in [-0.2, 0) is 22.6 Å². The number of carbonyl (C=O) groups is 2. The van der Waals surface area contributed by atoms with Crippen molar-refractivity contribution < 1.29 is 18.8 Å². The van der Waals surface area contributed by atoms with Crippen molar-refractivity contribution in [3.8, 4) is 5.75 Å². The van der Waals surface area contributed by atoms with Crippen molar-refractivity contribution >= 4 is 11.8 Å². The number of hydrogen-bond donors (Lipinski definition) is 1. The van der Waals surface area contributed by atoms with Gasteiger partial charge in [-0.15, -0.1) is 0 Å². The lowest BCUT2D eigenvalue weighted by Crippen LogP contribution is -2.44. The molecule has 2 aromatic rings. The Hall–Kier alpha value is -2.83. The van der Waals surface area contributed by atoms with Crippen LogP contribution in [-0.4, -0.2) is 35.0 Å². The Morgan fingerprint density at radius 2 is 2.04 bits per heavy atom. The molecule has 0 aliphatic carbocycles. The number of piperidine rings is 1. The van der Waals surface area contributed by atoms with Crippen molar-refractivity contribution in [1.82, 2.24) is 10.1 Å². The van der Waals surface area contributed by atoms with E-state index in [0.717, 1.165) is 41.2 Å². The number of nitrogens with two attached hydrogens (primary N) is 1. The summed E-state index contributed by atoms with van der Waals surface area (Å²) < 4.78 is 10.9. The predicted octanol–water partition coefficient (Wildman–Crippen LogP) is 2.14. The van der Waals surface area contributed by atoms with Crippen molar-refractivity contribution in [1.29, 1.82) is 0 Å². The van der Waals surface area contributed by atoms with E-state index in [0.29, 0.717) is 26.1 Å². The number of hydrogen-bond acceptors (Lipinski definition) is 5. The van der Waals surface area contributed by atoms with Crippen LogP contribution in [0.15, 0.2) is 28.8 Å². The summed E-state index contributed by atoms with van der Waals surface area (Å²) in [7, 11) is 0. The SMILES string of the molecule is Cc1noc(C)c1COc1ccc(CC(=O)N2CCC[C@H](C(N)=O)C2)cc1. The highest BCUT2D eigenvalue weighted by atomic mass is 16.5. The molecule has 144 valence electrons. The summed E-state index contributed by atoms with van der Waals surface area (Å²) in [5.41, 5.74) is 8.06. The van der Waals surface area contributed by atoms with Crippen molar-refractivity contribution in [2.24, 2.45) is 11.7 Å². The molecule has 7 heteroatoms. The highest BCUT2D eigenvalue weighted by Gasteiger charge is 2.26. The number of amides is 2. The topological polar surface area (TPSA) is 98.7 Å². The molecule has 2 amide bonds. The van der Waals surface area contributed by atoms with Gasteiger partial charge in [0, 0.05) is 13.1 Å². The third kappa shape index (κ3) is 4.67. The Morgan fingerprint density at radius 3 is 2.67 bits per heavy atom. The molecule has 3 rings (SSSR count). The minimum absolute atomic E-state index is 0.0188. The summed E-state index contributed by atoms with van der Waals surface area (Å²) in [4.78, 5) is 25.6. The van der Waals surface area contributed by atoms with Gasteiger partial charge in [0.1, 0.15) is 18.1 Å². The maximum atomic E-state index is 12.5. The lowest BCUT2D eigenvalue weighted by molar-refractivity contribution is -0.134. The first-order valence-electron chi connectivity index (χ1n) is 9.14. The van der Waals surface area contributed by atoms with Gasteiger partial charge in [0.05, 0.1) is 23.6 Å². The molecule has 0 radical (unpaired) electrons. The van der Waals surface area contributed by atoms with Gasteiger partial charge in [-0.05, 0) is 44.4 Å². The Bertz CT molecular complexity index is 794. The molecule has 1 saturated heterocycles. The number of carbonyl (C=O) groups excluding carboxylic acids is 2. The normalized spacial score (nSPS) is 17.0. The molecule has 1 atom stereocenters. The van der Waals surface area contributed by atoms with Gasteiger partial charge in [-0.25, -0.2) is 0 Å². The molecule has 2 heterocycles. The molecular formula is C20H25N3O4. The lowest BCUT2D eigenvalue weighted by Gasteiger charge is -2.31. The number of benzene rings is 1. The highest BCUT2D eigenvalue weighted by molar-refractivity contribution is 5.81. The third-order valence-electron chi connectivity index (χ3n) is 5.02. The summed E-state index contributed by atoms with van der Waals surface area (Å²) in [6.45, 7) is 5.24. The Balaban J connectivity index is 1.54. The van der Waals surface area contributed by atoms with Crippen molar-refractivity contribution in [3.05, 3.63) is 46.8 Å². The number of ether oxygens (including phenoxy) is 1. The van der Waals surface area contributed by atoms with Gasteiger partial charge in [0.25, 0.3) is 0 Å². The summed E-state index contributed by atoms with van der Waals surface area (Å²) in [5, 5.41) is 3.91. The van der Waals surface area contributed by atoms with E-state index in [1.807, 2.05) is 38.1 Å². The van der Waals surface area contributed by atoms with Crippen LogP contribution >= 0.6 is 0 Å². The zero-order chi connectivity index (χ0) is 19.4. The van der Waals surface area contributed by atoms with E-state index in [1.54, 1.807) is 4.90 Å². The Morgan fingerprint density at radius 1 is 1.30 bits per heavy atom. The first-order valence-corrected chi connectivity index (χ1v) is 9.14. The maximum absolute atomic E-state index is 12.5. The van der Waals surface area contributed by atoms with Gasteiger partial charge in [-0.1, -0.05) is 17.3 Å². The second kappa shape index (κ2) is 8.24. The van der Waals surface area contributed by atoms with E-state index in [2.05, 4.69) is 5.16 Å². The number of nitrogens with zero attached hydrogens (tertiary/aromatic N) is 2. The fourth-order valence-corrected chi connectivity index (χ4v) is 3.29. The quantitative estimate of drug-likeness (QED) is 0.839. The minimum atomic E-state index is -0.327. The van der Waals surface area contributed by atoms with Gasteiger partial charge in [0.2, 0.25) is 11.8 Å². The molecule has 1 aliphatic rings. The molecule has 1 aliphatic heterocycles. The first-order chi connectivity index (χ1) is 12.9. The second-order valence-electron chi connectivity index (χ2n) is 6.99. The zero-order valence-corrected chi connectivity index (χ0v) is 15.7. The second-order valence-corrected chi connectivity index (χ2v) is 6.99. The standard InChI is InChI=1S/C20H25N3O4/c1-13-18(14(2)27-22-13)12-26-17-7-5-15(6-8-17)10-19(24)23-9-3-4-16(11-23)20(21)25/h5-8,16H,3-4,9-12H2,1-2H3,(H2,21,25)/t16-/m0/s1. The molecule has 0 unspecified atom stereocenters. The largest absolute Gasteiger partial charge is 0.489 e. The summed E-state index contributed by atoms with van der Waals surface area (Å²) >= 11 is 0. The van der Waals surface area contributed by atoms with E-state index in [-0.39, 0.29) is 17.7 Å². The number of likely N-dealkylation sites (tertiary alicyclic amines) is 1.